The van der Waals surface area contributed by atoms with Crippen LogP contribution in [0.5, 0.6) is 0 Å². The van der Waals surface area contributed by atoms with Gasteiger partial charge in [-0.05, 0) is 25.7 Å². The van der Waals surface area contributed by atoms with E-state index in [9.17, 15) is 4.79 Å². The highest BCUT2D eigenvalue weighted by Crippen LogP contribution is 2.11. The number of rotatable bonds is 8. The number of hydrogen-bond donors (Lipinski definition) is 0. The molecule has 0 aromatic heterocycles. The van der Waals surface area contributed by atoms with Gasteiger partial charge in [0, 0.05) is 25.6 Å². The Labute approximate surface area is 95.0 Å². The molecule has 0 amide bonds. The zero-order chi connectivity index (χ0) is 11.8. The third kappa shape index (κ3) is 6.67. The maximum absolute atomic E-state index is 11.0. The fourth-order valence-electron chi connectivity index (χ4n) is 2.00. The second kappa shape index (κ2) is 7.86. The van der Waals surface area contributed by atoms with Crippen molar-refractivity contribution in [1.29, 1.82) is 0 Å². The van der Waals surface area contributed by atoms with Crippen molar-refractivity contribution in [2.45, 2.75) is 59.9 Å². The minimum absolute atomic E-state index is 0.301. The first-order valence-electron chi connectivity index (χ1n) is 6.24. The summed E-state index contributed by atoms with van der Waals surface area (Å²) in [7, 11) is 0. The molecule has 0 saturated heterocycles. The van der Waals surface area contributed by atoms with Gasteiger partial charge in [-0.25, -0.2) is 0 Å². The van der Waals surface area contributed by atoms with Gasteiger partial charge in [-0.2, -0.15) is 0 Å². The summed E-state index contributed by atoms with van der Waals surface area (Å²) in [5.41, 5.74) is 0. The highest BCUT2D eigenvalue weighted by Gasteiger charge is 2.16. The second-order valence-electron chi connectivity index (χ2n) is 4.81. The van der Waals surface area contributed by atoms with E-state index in [1.54, 1.807) is 6.92 Å². The average Bonchev–Trinajstić information content (AvgIpc) is 2.14. The van der Waals surface area contributed by atoms with Crippen molar-refractivity contribution in [3.63, 3.8) is 0 Å². The number of hydrogen-bond acceptors (Lipinski definition) is 2. The van der Waals surface area contributed by atoms with E-state index in [0.29, 0.717) is 24.2 Å². The van der Waals surface area contributed by atoms with Gasteiger partial charge in [-0.1, -0.05) is 27.7 Å². The van der Waals surface area contributed by atoms with E-state index in [1.807, 2.05) is 0 Å². The first-order valence-corrected chi connectivity index (χ1v) is 6.24. The Bertz CT molecular complexity index is 173. The lowest BCUT2D eigenvalue weighted by molar-refractivity contribution is -0.117. The Kier molecular flexibility index (Phi) is 7.67. The summed E-state index contributed by atoms with van der Waals surface area (Å²) < 4.78 is 0. The van der Waals surface area contributed by atoms with Crippen LogP contribution in [-0.4, -0.2) is 29.8 Å². The van der Waals surface area contributed by atoms with Gasteiger partial charge in [0.25, 0.3) is 0 Å². The quantitative estimate of drug-likeness (QED) is 0.617. The van der Waals surface area contributed by atoms with Crippen molar-refractivity contribution in [3.05, 3.63) is 0 Å². The molecule has 0 fully saturated rings. The molecule has 0 N–H and O–H groups in total. The van der Waals surface area contributed by atoms with Gasteiger partial charge in [0.15, 0.2) is 0 Å². The fourth-order valence-corrected chi connectivity index (χ4v) is 2.00. The number of carbonyl (C=O) groups excluding carboxylic acids is 1. The van der Waals surface area contributed by atoms with Gasteiger partial charge >= 0.3 is 0 Å². The molecule has 0 rings (SSSR count). The van der Waals surface area contributed by atoms with Crippen molar-refractivity contribution in [3.8, 4) is 0 Å². The Balaban J connectivity index is 4.21. The molecule has 0 radical (unpaired) electrons. The van der Waals surface area contributed by atoms with E-state index in [0.717, 1.165) is 13.1 Å². The molecule has 0 bridgehead atoms. The predicted octanol–water partition coefficient (Wildman–Crippen LogP) is 3.11. The van der Waals surface area contributed by atoms with E-state index >= 15 is 0 Å². The molecule has 2 nitrogen and oxygen atoms in total. The van der Waals surface area contributed by atoms with Crippen LogP contribution in [0.4, 0.5) is 0 Å². The molecule has 0 heterocycles. The molecule has 15 heavy (non-hydrogen) atoms. The van der Waals surface area contributed by atoms with Crippen LogP contribution in [0.3, 0.4) is 0 Å². The molecule has 0 atom stereocenters. The zero-order valence-corrected chi connectivity index (χ0v) is 11.0. The van der Waals surface area contributed by atoms with Crippen LogP contribution in [-0.2, 0) is 4.79 Å². The highest BCUT2D eigenvalue weighted by molar-refractivity contribution is 5.75. The Morgan fingerprint density at radius 1 is 1.20 bits per heavy atom. The summed E-state index contributed by atoms with van der Waals surface area (Å²) in [6.45, 7) is 12.7. The van der Waals surface area contributed by atoms with Crippen molar-refractivity contribution in [2.75, 3.05) is 13.1 Å². The van der Waals surface area contributed by atoms with E-state index in [1.165, 1.54) is 12.8 Å². The Morgan fingerprint density at radius 2 is 1.73 bits per heavy atom. The molecule has 0 aliphatic carbocycles. The monoisotopic (exact) mass is 213 g/mol. The normalized spacial score (nSPS) is 11.7. The second-order valence-corrected chi connectivity index (χ2v) is 4.81. The summed E-state index contributed by atoms with van der Waals surface area (Å²) in [5.74, 6) is 0.979. The van der Waals surface area contributed by atoms with Crippen LogP contribution >= 0.6 is 0 Å². The summed E-state index contributed by atoms with van der Waals surface area (Å²) in [4.78, 5) is 13.5. The molecular formula is C13H27NO. The van der Waals surface area contributed by atoms with E-state index < -0.39 is 0 Å². The van der Waals surface area contributed by atoms with Crippen LogP contribution in [0.15, 0.2) is 0 Å². The minimum Gasteiger partial charge on any atom is -0.300 e. The predicted molar refractivity (Wildman–Crippen MR) is 66.1 cm³/mol. The third-order valence-corrected chi connectivity index (χ3v) is 2.81. The van der Waals surface area contributed by atoms with Gasteiger partial charge in [0.2, 0.25) is 0 Å². The van der Waals surface area contributed by atoms with Crippen LogP contribution in [0.25, 0.3) is 0 Å². The molecule has 0 spiro atoms. The number of nitrogens with zero attached hydrogens (tertiary/aromatic N) is 1. The standard InChI is InChI=1S/C13H27NO/c1-6-13(7-2)14(10-11(3)4)9-8-12(5)15/h11,13H,6-10H2,1-5H3. The number of ketones is 1. The van der Waals surface area contributed by atoms with Crippen LogP contribution in [0.1, 0.15) is 53.9 Å². The largest absolute Gasteiger partial charge is 0.300 e. The van der Waals surface area contributed by atoms with Crippen LogP contribution in [0, 0.1) is 5.92 Å². The topological polar surface area (TPSA) is 20.3 Å². The summed E-state index contributed by atoms with van der Waals surface area (Å²) in [5, 5.41) is 0. The molecule has 0 aliphatic heterocycles. The maximum atomic E-state index is 11.0. The average molecular weight is 213 g/mol. The smallest absolute Gasteiger partial charge is 0.131 e. The molecule has 0 aromatic carbocycles. The third-order valence-electron chi connectivity index (χ3n) is 2.81. The van der Waals surface area contributed by atoms with Gasteiger partial charge in [0.1, 0.15) is 5.78 Å². The molecule has 2 heteroatoms. The van der Waals surface area contributed by atoms with Crippen molar-refractivity contribution in [1.82, 2.24) is 4.90 Å². The zero-order valence-electron chi connectivity index (χ0n) is 11.0. The van der Waals surface area contributed by atoms with Gasteiger partial charge in [-0.3, -0.25) is 9.69 Å². The molecule has 0 aliphatic rings. The molecule has 0 aromatic rings. The summed E-state index contributed by atoms with van der Waals surface area (Å²) in [6.07, 6.45) is 3.06. The van der Waals surface area contributed by atoms with Crippen LogP contribution in [0.2, 0.25) is 0 Å². The van der Waals surface area contributed by atoms with E-state index in [-0.39, 0.29) is 0 Å². The first-order chi connectivity index (χ1) is 7.01. The Morgan fingerprint density at radius 3 is 2.07 bits per heavy atom. The lowest BCUT2D eigenvalue weighted by Gasteiger charge is -2.31. The minimum atomic E-state index is 0.301. The molecule has 0 unspecified atom stereocenters. The SMILES string of the molecule is CCC(CC)N(CCC(C)=O)CC(C)C. The fraction of sp³-hybridized carbons (Fsp3) is 0.923. The maximum Gasteiger partial charge on any atom is 0.131 e. The molecule has 90 valence electrons. The molecular weight excluding hydrogens is 186 g/mol. The summed E-state index contributed by atoms with van der Waals surface area (Å²) >= 11 is 0. The highest BCUT2D eigenvalue weighted by atomic mass is 16.1. The summed E-state index contributed by atoms with van der Waals surface area (Å²) in [6, 6.07) is 0.645. The van der Waals surface area contributed by atoms with Gasteiger partial charge in [0.05, 0.1) is 0 Å². The lowest BCUT2D eigenvalue weighted by atomic mass is 10.1. The first kappa shape index (κ1) is 14.6. The molecule has 0 saturated carbocycles. The Hall–Kier alpha value is -0.370. The van der Waals surface area contributed by atoms with E-state index in [2.05, 4.69) is 32.6 Å². The van der Waals surface area contributed by atoms with Gasteiger partial charge < -0.3 is 0 Å². The van der Waals surface area contributed by atoms with Crippen molar-refractivity contribution < 1.29 is 4.79 Å². The number of carbonyl (C=O) groups is 1. The lowest BCUT2D eigenvalue weighted by Crippen LogP contribution is -2.38. The van der Waals surface area contributed by atoms with E-state index in [4.69, 9.17) is 0 Å². The van der Waals surface area contributed by atoms with Crippen molar-refractivity contribution in [2.24, 2.45) is 5.92 Å². The van der Waals surface area contributed by atoms with Crippen molar-refractivity contribution >= 4 is 5.78 Å². The number of Topliss-reactive ketones (excluding diaryl/α,β-unsaturated/α-hetero) is 1. The van der Waals surface area contributed by atoms with Gasteiger partial charge in [-0.15, -0.1) is 0 Å². The van der Waals surface area contributed by atoms with Crippen LogP contribution < -0.4 is 0 Å².